The fourth-order valence-corrected chi connectivity index (χ4v) is 0.893. The van der Waals surface area contributed by atoms with Crippen LogP contribution in [-0.2, 0) is 6.54 Å². The van der Waals surface area contributed by atoms with E-state index in [4.69, 9.17) is 4.84 Å². The molecular formula is C6H8N4O. The Labute approximate surface area is 63.7 Å². The van der Waals surface area contributed by atoms with E-state index in [9.17, 15) is 0 Å². The monoisotopic (exact) mass is 152 g/mol. The molecule has 0 saturated heterocycles. The number of hydrazine groups is 2. The fourth-order valence-electron chi connectivity index (χ4n) is 0.893. The highest BCUT2D eigenvalue weighted by Gasteiger charge is 2.06. The van der Waals surface area contributed by atoms with Crippen molar-refractivity contribution in [3.05, 3.63) is 24.0 Å². The molecule has 0 amide bonds. The topological polar surface area (TPSA) is 58.2 Å². The van der Waals surface area contributed by atoms with Crippen molar-refractivity contribution in [1.29, 1.82) is 0 Å². The lowest BCUT2D eigenvalue weighted by molar-refractivity contribution is 0.139. The summed E-state index contributed by atoms with van der Waals surface area (Å²) in [6.45, 7) is 0.642. The quantitative estimate of drug-likeness (QED) is 0.467. The summed E-state index contributed by atoms with van der Waals surface area (Å²) >= 11 is 0. The Morgan fingerprint density at radius 1 is 1.55 bits per heavy atom. The molecule has 0 spiro atoms. The lowest BCUT2D eigenvalue weighted by Crippen LogP contribution is -2.42. The van der Waals surface area contributed by atoms with Crippen LogP contribution in [0.4, 0.5) is 0 Å². The van der Waals surface area contributed by atoms with Gasteiger partial charge in [0.25, 0.3) is 0 Å². The second-order valence-corrected chi connectivity index (χ2v) is 2.13. The Morgan fingerprint density at radius 2 is 2.55 bits per heavy atom. The zero-order chi connectivity index (χ0) is 7.52. The van der Waals surface area contributed by atoms with Gasteiger partial charge in [0.2, 0.25) is 0 Å². The maximum absolute atomic E-state index is 5.06. The van der Waals surface area contributed by atoms with Crippen LogP contribution in [0.3, 0.4) is 0 Å². The zero-order valence-electron chi connectivity index (χ0n) is 5.79. The van der Waals surface area contributed by atoms with Crippen molar-refractivity contribution in [2.45, 2.75) is 6.54 Å². The van der Waals surface area contributed by atoms with Gasteiger partial charge in [-0.15, -0.1) is 0 Å². The van der Waals surface area contributed by atoms with E-state index in [1.54, 1.807) is 6.20 Å². The second kappa shape index (κ2) is 2.83. The van der Waals surface area contributed by atoms with Crippen LogP contribution in [0.15, 0.2) is 18.3 Å². The van der Waals surface area contributed by atoms with Crippen LogP contribution in [0.5, 0.6) is 5.75 Å². The van der Waals surface area contributed by atoms with Gasteiger partial charge in [0, 0.05) is 6.20 Å². The third-order valence-corrected chi connectivity index (χ3v) is 1.40. The average molecular weight is 152 g/mol. The molecule has 1 aromatic rings. The molecule has 0 radical (unpaired) electrons. The number of nitrogens with zero attached hydrogens (tertiary/aromatic N) is 1. The molecule has 0 unspecified atom stereocenters. The standard InChI is InChI=1S/C6H8N4O/c1-2-6-5(7-3-1)4-8-9-10-11-6/h1-3,8-10H,4H2. The summed E-state index contributed by atoms with van der Waals surface area (Å²) in [5.41, 5.74) is 8.87. The second-order valence-electron chi connectivity index (χ2n) is 2.13. The fraction of sp³-hybridized carbons (Fsp3) is 0.167. The lowest BCUT2D eigenvalue weighted by atomic mass is 10.3. The molecule has 3 N–H and O–H groups in total. The summed E-state index contributed by atoms with van der Waals surface area (Å²) in [7, 11) is 0. The minimum absolute atomic E-state index is 0.642. The van der Waals surface area contributed by atoms with Gasteiger partial charge in [0.05, 0.1) is 6.54 Å². The molecule has 1 aromatic heterocycles. The van der Waals surface area contributed by atoms with E-state index in [1.807, 2.05) is 12.1 Å². The van der Waals surface area contributed by atoms with Gasteiger partial charge < -0.3 is 4.84 Å². The number of rotatable bonds is 0. The maximum Gasteiger partial charge on any atom is 0.171 e. The summed E-state index contributed by atoms with van der Waals surface area (Å²) in [6.07, 6.45) is 1.73. The Balaban J connectivity index is 2.33. The highest BCUT2D eigenvalue weighted by Crippen LogP contribution is 2.13. The van der Waals surface area contributed by atoms with Gasteiger partial charge in [-0.2, -0.15) is 5.53 Å². The van der Waals surface area contributed by atoms with E-state index in [0.29, 0.717) is 6.54 Å². The molecule has 0 aliphatic carbocycles. The van der Waals surface area contributed by atoms with E-state index < -0.39 is 0 Å². The minimum Gasteiger partial charge on any atom is -0.391 e. The largest absolute Gasteiger partial charge is 0.391 e. The summed E-state index contributed by atoms with van der Waals surface area (Å²) < 4.78 is 0. The van der Waals surface area contributed by atoms with Gasteiger partial charge in [0.15, 0.2) is 5.75 Å². The Morgan fingerprint density at radius 3 is 3.55 bits per heavy atom. The summed E-state index contributed by atoms with van der Waals surface area (Å²) in [5, 5.41) is 0. The average Bonchev–Trinajstić information content (AvgIpc) is 2.28. The number of fused-ring (bicyclic) bond motifs is 1. The predicted molar refractivity (Wildman–Crippen MR) is 38.0 cm³/mol. The Hall–Kier alpha value is -1.17. The Kier molecular flexibility index (Phi) is 1.68. The molecule has 5 nitrogen and oxygen atoms in total. The molecule has 0 atom stereocenters. The molecule has 2 heterocycles. The Bertz CT molecular complexity index is 227. The van der Waals surface area contributed by atoms with E-state index >= 15 is 0 Å². The summed E-state index contributed by atoms with van der Waals surface area (Å²) in [5.74, 6) is 0.741. The normalized spacial score (nSPS) is 16.4. The molecule has 5 heteroatoms. The zero-order valence-corrected chi connectivity index (χ0v) is 5.79. The number of hydrogen-bond acceptors (Lipinski definition) is 5. The molecule has 2 rings (SSSR count). The highest BCUT2D eigenvalue weighted by molar-refractivity contribution is 5.26. The highest BCUT2D eigenvalue weighted by atomic mass is 16.7. The van der Waals surface area contributed by atoms with Crippen LogP contribution >= 0.6 is 0 Å². The summed E-state index contributed by atoms with van der Waals surface area (Å²) in [4.78, 5) is 9.17. The molecule has 58 valence electrons. The molecular weight excluding hydrogens is 144 g/mol. The maximum atomic E-state index is 5.06. The van der Waals surface area contributed by atoms with Gasteiger partial charge in [0.1, 0.15) is 5.69 Å². The van der Waals surface area contributed by atoms with E-state index in [-0.39, 0.29) is 0 Å². The predicted octanol–water partition coefficient (Wildman–Crippen LogP) is -0.512. The number of aromatic nitrogens is 1. The van der Waals surface area contributed by atoms with E-state index in [0.717, 1.165) is 11.4 Å². The van der Waals surface area contributed by atoms with Crippen LogP contribution in [0.25, 0.3) is 0 Å². The number of nitrogens with one attached hydrogen (secondary N) is 3. The molecule has 0 fully saturated rings. The van der Waals surface area contributed by atoms with Crippen molar-refractivity contribution >= 4 is 0 Å². The molecule has 0 aromatic carbocycles. The van der Waals surface area contributed by atoms with Crippen LogP contribution in [-0.4, -0.2) is 4.98 Å². The van der Waals surface area contributed by atoms with Crippen molar-refractivity contribution in [2.75, 3.05) is 0 Å². The third-order valence-electron chi connectivity index (χ3n) is 1.40. The molecule has 0 bridgehead atoms. The van der Waals surface area contributed by atoms with Gasteiger partial charge in [-0.25, -0.2) is 5.43 Å². The van der Waals surface area contributed by atoms with Crippen molar-refractivity contribution in [3.63, 3.8) is 0 Å². The smallest absolute Gasteiger partial charge is 0.171 e. The first kappa shape index (κ1) is 6.53. The third kappa shape index (κ3) is 1.30. The molecule has 1 aliphatic heterocycles. The van der Waals surface area contributed by atoms with Crippen LogP contribution in [0.2, 0.25) is 0 Å². The first-order chi connectivity index (χ1) is 5.47. The van der Waals surface area contributed by atoms with Gasteiger partial charge in [-0.1, -0.05) is 5.59 Å². The summed E-state index contributed by atoms with van der Waals surface area (Å²) in [6, 6.07) is 3.68. The molecule has 0 saturated carbocycles. The van der Waals surface area contributed by atoms with Crippen LogP contribution in [0, 0.1) is 0 Å². The van der Waals surface area contributed by atoms with Crippen molar-refractivity contribution in [1.82, 2.24) is 21.5 Å². The van der Waals surface area contributed by atoms with Gasteiger partial charge in [-0.3, -0.25) is 4.98 Å². The molecule has 11 heavy (non-hydrogen) atoms. The molecule has 1 aliphatic rings. The van der Waals surface area contributed by atoms with E-state index in [1.165, 1.54) is 0 Å². The van der Waals surface area contributed by atoms with Gasteiger partial charge in [-0.05, 0) is 12.1 Å². The first-order valence-electron chi connectivity index (χ1n) is 3.30. The number of hydrogen-bond donors (Lipinski definition) is 3. The van der Waals surface area contributed by atoms with Gasteiger partial charge >= 0.3 is 0 Å². The minimum atomic E-state index is 0.642. The van der Waals surface area contributed by atoms with Crippen LogP contribution in [0.1, 0.15) is 5.69 Å². The number of pyridine rings is 1. The first-order valence-corrected chi connectivity index (χ1v) is 3.30. The van der Waals surface area contributed by atoms with Crippen molar-refractivity contribution < 1.29 is 4.84 Å². The lowest BCUT2D eigenvalue weighted by Gasteiger charge is -2.02. The van der Waals surface area contributed by atoms with Crippen molar-refractivity contribution in [3.8, 4) is 5.75 Å². The van der Waals surface area contributed by atoms with E-state index in [2.05, 4.69) is 21.5 Å². The van der Waals surface area contributed by atoms with Crippen molar-refractivity contribution in [2.24, 2.45) is 0 Å². The SMILES string of the molecule is c1cnc2c(c1)ONNNC2. The van der Waals surface area contributed by atoms with Crippen LogP contribution < -0.4 is 21.4 Å².